The van der Waals surface area contributed by atoms with Crippen molar-refractivity contribution in [2.24, 2.45) is 0 Å². The number of nitrogens with one attached hydrogen (secondary N) is 1. The molecule has 0 aromatic carbocycles. The Morgan fingerprint density at radius 3 is 2.67 bits per heavy atom. The Bertz CT molecular complexity index is 397. The van der Waals surface area contributed by atoms with E-state index < -0.39 is 17.8 Å². The molecule has 0 bridgehead atoms. The van der Waals surface area contributed by atoms with Crippen LogP contribution in [0.1, 0.15) is 19.0 Å². The monoisotopic (exact) mass is 264 g/mol. The van der Waals surface area contributed by atoms with E-state index in [0.717, 1.165) is 6.07 Å². The van der Waals surface area contributed by atoms with E-state index >= 15 is 0 Å². The van der Waals surface area contributed by atoms with Gasteiger partial charge < -0.3 is 15.8 Å². The number of anilines is 2. The van der Waals surface area contributed by atoms with Crippen LogP contribution >= 0.6 is 0 Å². The second-order valence-electron chi connectivity index (χ2n) is 3.82. The Hall–Kier alpha value is -1.57. The standard InChI is InChI=1S/C10H15F3N4O/c1-6(3-4-18-2)15-8-5-7(10(11,12)13)16-9(14)17-8/h5-6H,3-4H2,1-2H3,(H3,14,15,16,17). The minimum Gasteiger partial charge on any atom is -0.385 e. The summed E-state index contributed by atoms with van der Waals surface area (Å²) in [5.41, 5.74) is 4.19. The normalized spacial score (nSPS) is 13.4. The molecule has 0 saturated carbocycles. The van der Waals surface area contributed by atoms with Crippen LogP contribution in [0.25, 0.3) is 0 Å². The molecule has 102 valence electrons. The Labute approximate surface area is 103 Å². The van der Waals surface area contributed by atoms with Gasteiger partial charge in [0.05, 0.1) is 0 Å². The number of rotatable bonds is 5. The summed E-state index contributed by atoms with van der Waals surface area (Å²) in [7, 11) is 1.55. The second-order valence-corrected chi connectivity index (χ2v) is 3.82. The van der Waals surface area contributed by atoms with Crippen molar-refractivity contribution in [3.63, 3.8) is 0 Å². The fraction of sp³-hybridized carbons (Fsp3) is 0.600. The quantitative estimate of drug-likeness (QED) is 0.850. The van der Waals surface area contributed by atoms with E-state index in [9.17, 15) is 13.2 Å². The van der Waals surface area contributed by atoms with Gasteiger partial charge in [0.15, 0.2) is 5.69 Å². The van der Waals surface area contributed by atoms with Crippen LogP contribution in [0.3, 0.4) is 0 Å². The molecule has 1 rings (SSSR count). The molecule has 5 nitrogen and oxygen atoms in total. The van der Waals surface area contributed by atoms with Gasteiger partial charge in [-0.2, -0.15) is 18.2 Å². The number of alkyl halides is 3. The topological polar surface area (TPSA) is 73.1 Å². The molecule has 1 aromatic rings. The van der Waals surface area contributed by atoms with Crippen molar-refractivity contribution in [2.45, 2.75) is 25.6 Å². The molecule has 0 radical (unpaired) electrons. The van der Waals surface area contributed by atoms with Crippen molar-refractivity contribution in [3.05, 3.63) is 11.8 Å². The number of methoxy groups -OCH3 is 1. The van der Waals surface area contributed by atoms with Gasteiger partial charge in [0.1, 0.15) is 5.82 Å². The molecule has 1 aromatic heterocycles. The van der Waals surface area contributed by atoms with Crippen molar-refractivity contribution in [1.29, 1.82) is 0 Å². The van der Waals surface area contributed by atoms with Gasteiger partial charge in [-0.05, 0) is 13.3 Å². The predicted octanol–water partition coefficient (Wildman–Crippen LogP) is 1.91. The number of ether oxygens (including phenoxy) is 1. The maximum absolute atomic E-state index is 12.5. The van der Waals surface area contributed by atoms with Gasteiger partial charge in [-0.1, -0.05) is 0 Å². The molecule has 0 aliphatic rings. The van der Waals surface area contributed by atoms with E-state index in [1.165, 1.54) is 0 Å². The summed E-state index contributed by atoms with van der Waals surface area (Å²) in [4.78, 5) is 6.86. The number of nitrogen functional groups attached to an aromatic ring is 1. The van der Waals surface area contributed by atoms with E-state index in [2.05, 4.69) is 15.3 Å². The van der Waals surface area contributed by atoms with Crippen molar-refractivity contribution in [3.8, 4) is 0 Å². The molecule has 0 aliphatic heterocycles. The summed E-state index contributed by atoms with van der Waals surface area (Å²) in [5.74, 6) is -0.357. The largest absolute Gasteiger partial charge is 0.433 e. The van der Waals surface area contributed by atoms with Gasteiger partial charge in [-0.25, -0.2) is 4.98 Å². The van der Waals surface area contributed by atoms with Gasteiger partial charge in [0.25, 0.3) is 0 Å². The first-order chi connectivity index (χ1) is 8.32. The van der Waals surface area contributed by atoms with Crippen LogP contribution in [0.15, 0.2) is 6.07 Å². The molecule has 1 heterocycles. The molecule has 3 N–H and O–H groups in total. The number of nitrogens with zero attached hydrogens (tertiary/aromatic N) is 2. The third-order valence-corrected chi connectivity index (χ3v) is 2.18. The highest BCUT2D eigenvalue weighted by Crippen LogP contribution is 2.29. The number of hydrogen-bond donors (Lipinski definition) is 2. The lowest BCUT2D eigenvalue weighted by molar-refractivity contribution is -0.141. The SMILES string of the molecule is COCCC(C)Nc1cc(C(F)(F)F)nc(N)n1. The van der Waals surface area contributed by atoms with Crippen molar-refractivity contribution in [1.82, 2.24) is 9.97 Å². The Kier molecular flexibility index (Phi) is 4.71. The maximum Gasteiger partial charge on any atom is 0.433 e. The molecule has 1 atom stereocenters. The average molecular weight is 264 g/mol. The minimum absolute atomic E-state index is 0.0541. The first-order valence-corrected chi connectivity index (χ1v) is 5.30. The summed E-state index contributed by atoms with van der Waals surface area (Å²) in [6.45, 7) is 2.31. The summed E-state index contributed by atoms with van der Waals surface area (Å²) >= 11 is 0. The Morgan fingerprint density at radius 2 is 2.11 bits per heavy atom. The van der Waals surface area contributed by atoms with Gasteiger partial charge >= 0.3 is 6.18 Å². The molecule has 8 heteroatoms. The summed E-state index contributed by atoms with van der Waals surface area (Å²) < 4.78 is 42.4. The van der Waals surface area contributed by atoms with Crippen molar-refractivity contribution < 1.29 is 17.9 Å². The van der Waals surface area contributed by atoms with Crippen LogP contribution in [0.5, 0.6) is 0 Å². The van der Waals surface area contributed by atoms with Gasteiger partial charge in [-0.15, -0.1) is 0 Å². The fourth-order valence-corrected chi connectivity index (χ4v) is 1.30. The Balaban J connectivity index is 2.80. The van der Waals surface area contributed by atoms with Crippen LogP contribution in [0.2, 0.25) is 0 Å². The zero-order valence-corrected chi connectivity index (χ0v) is 10.1. The van der Waals surface area contributed by atoms with E-state index in [-0.39, 0.29) is 11.9 Å². The molecule has 0 aliphatic carbocycles. The molecular formula is C10H15F3N4O. The second kappa shape index (κ2) is 5.85. The van der Waals surface area contributed by atoms with Gasteiger partial charge in [0, 0.05) is 25.8 Å². The smallest absolute Gasteiger partial charge is 0.385 e. The molecule has 1 unspecified atom stereocenters. The molecule has 0 saturated heterocycles. The molecule has 0 fully saturated rings. The van der Waals surface area contributed by atoms with Crippen LogP contribution in [0.4, 0.5) is 24.9 Å². The number of halogens is 3. The molecule has 18 heavy (non-hydrogen) atoms. The maximum atomic E-state index is 12.5. The van der Waals surface area contributed by atoms with E-state index in [4.69, 9.17) is 10.5 Å². The number of hydrogen-bond acceptors (Lipinski definition) is 5. The first kappa shape index (κ1) is 14.5. The average Bonchev–Trinajstić information content (AvgIpc) is 2.24. The van der Waals surface area contributed by atoms with Crippen LogP contribution < -0.4 is 11.1 Å². The highest BCUT2D eigenvalue weighted by atomic mass is 19.4. The summed E-state index contributed by atoms with van der Waals surface area (Å²) in [6, 6.07) is 0.750. The van der Waals surface area contributed by atoms with Crippen LogP contribution in [-0.4, -0.2) is 29.7 Å². The summed E-state index contributed by atoms with van der Waals surface area (Å²) in [5, 5.41) is 2.82. The zero-order chi connectivity index (χ0) is 13.8. The van der Waals surface area contributed by atoms with Crippen LogP contribution in [-0.2, 0) is 10.9 Å². The van der Waals surface area contributed by atoms with Gasteiger partial charge in [0.2, 0.25) is 5.95 Å². The van der Waals surface area contributed by atoms with Crippen molar-refractivity contribution in [2.75, 3.05) is 24.8 Å². The highest BCUT2D eigenvalue weighted by molar-refractivity contribution is 5.41. The molecule has 0 spiro atoms. The molecular weight excluding hydrogens is 249 g/mol. The number of aromatic nitrogens is 2. The van der Waals surface area contributed by atoms with Crippen LogP contribution in [0, 0.1) is 0 Å². The van der Waals surface area contributed by atoms with E-state index in [1.54, 1.807) is 7.11 Å². The fourth-order valence-electron chi connectivity index (χ4n) is 1.30. The minimum atomic E-state index is -4.54. The Morgan fingerprint density at radius 1 is 1.44 bits per heavy atom. The van der Waals surface area contributed by atoms with E-state index in [0.29, 0.717) is 13.0 Å². The lowest BCUT2D eigenvalue weighted by Crippen LogP contribution is -2.20. The highest BCUT2D eigenvalue weighted by Gasteiger charge is 2.33. The lowest BCUT2D eigenvalue weighted by atomic mass is 10.2. The van der Waals surface area contributed by atoms with Gasteiger partial charge in [-0.3, -0.25) is 0 Å². The first-order valence-electron chi connectivity index (χ1n) is 5.30. The predicted molar refractivity (Wildman–Crippen MR) is 61.0 cm³/mol. The molecule has 0 amide bonds. The zero-order valence-electron chi connectivity index (χ0n) is 10.1. The third kappa shape index (κ3) is 4.36. The summed E-state index contributed by atoms with van der Waals surface area (Å²) in [6.07, 6.45) is -3.90. The lowest BCUT2D eigenvalue weighted by Gasteiger charge is -2.15. The third-order valence-electron chi connectivity index (χ3n) is 2.18. The van der Waals surface area contributed by atoms with Crippen molar-refractivity contribution >= 4 is 11.8 Å². The van der Waals surface area contributed by atoms with E-state index in [1.807, 2.05) is 6.92 Å². The number of nitrogens with two attached hydrogens (primary N) is 1.